The molecule has 9 heteroatoms. The van der Waals surface area contributed by atoms with Gasteiger partial charge < -0.3 is 14.4 Å². The fourth-order valence-corrected chi connectivity index (χ4v) is 4.18. The summed E-state index contributed by atoms with van der Waals surface area (Å²) in [6.07, 6.45) is 0. The molecule has 0 spiro atoms. The first-order valence-electron chi connectivity index (χ1n) is 9.27. The fraction of sp³-hybridized carbons (Fsp3) is 0.579. The molecule has 1 rings (SSSR count). The third-order valence-electron chi connectivity index (χ3n) is 4.26. The summed E-state index contributed by atoms with van der Waals surface area (Å²) < 4.78 is 36.9. The molecular formula is C19H30N2O6S. The zero-order valence-corrected chi connectivity index (χ0v) is 18.0. The molecule has 0 aliphatic carbocycles. The topological polar surface area (TPSA) is 93.2 Å². The minimum atomic E-state index is -3.70. The number of sulfonamides is 1. The molecule has 0 bridgehead atoms. The van der Waals surface area contributed by atoms with Gasteiger partial charge in [-0.05, 0) is 31.5 Å². The van der Waals surface area contributed by atoms with Gasteiger partial charge in [-0.1, -0.05) is 19.9 Å². The molecule has 0 atom stereocenters. The summed E-state index contributed by atoms with van der Waals surface area (Å²) in [7, 11) is -2.21. The fourth-order valence-electron chi connectivity index (χ4n) is 2.69. The van der Waals surface area contributed by atoms with Crippen molar-refractivity contribution in [2.45, 2.75) is 32.6 Å². The Hall–Kier alpha value is -1.97. The zero-order valence-electron chi connectivity index (χ0n) is 17.2. The predicted octanol–water partition coefficient (Wildman–Crippen LogP) is 1.68. The van der Waals surface area contributed by atoms with Gasteiger partial charge in [0.15, 0.2) is 0 Å². The lowest BCUT2D eigenvalue weighted by Gasteiger charge is -2.23. The first kappa shape index (κ1) is 24.1. The molecule has 1 amide bonds. The van der Waals surface area contributed by atoms with E-state index in [9.17, 15) is 18.0 Å². The number of ether oxygens (including phenoxy) is 2. The molecule has 0 N–H and O–H groups in total. The van der Waals surface area contributed by atoms with Gasteiger partial charge in [-0.15, -0.1) is 0 Å². The molecule has 0 aliphatic rings. The van der Waals surface area contributed by atoms with E-state index in [0.717, 1.165) is 0 Å². The number of nitrogens with zero attached hydrogens (tertiary/aromatic N) is 2. The van der Waals surface area contributed by atoms with Crippen molar-refractivity contribution in [3.63, 3.8) is 0 Å². The highest BCUT2D eigenvalue weighted by molar-refractivity contribution is 7.89. The number of rotatable bonds is 11. The summed E-state index contributed by atoms with van der Waals surface area (Å²) in [6, 6.07) is 4.46. The van der Waals surface area contributed by atoms with Gasteiger partial charge in [0.05, 0.1) is 18.1 Å². The summed E-state index contributed by atoms with van der Waals surface area (Å²) in [4.78, 5) is 26.3. The number of methoxy groups -OCH3 is 1. The average Bonchev–Trinajstić information content (AvgIpc) is 2.65. The van der Waals surface area contributed by atoms with Crippen molar-refractivity contribution in [2.24, 2.45) is 0 Å². The Morgan fingerprint density at radius 2 is 1.75 bits per heavy atom. The highest BCUT2D eigenvalue weighted by Crippen LogP contribution is 2.21. The van der Waals surface area contributed by atoms with Crippen LogP contribution in [0.3, 0.4) is 0 Å². The van der Waals surface area contributed by atoms with Crippen LogP contribution in [0, 0.1) is 6.92 Å². The third-order valence-corrected chi connectivity index (χ3v) is 6.31. The van der Waals surface area contributed by atoms with E-state index in [1.54, 1.807) is 33.8 Å². The van der Waals surface area contributed by atoms with Crippen molar-refractivity contribution >= 4 is 21.9 Å². The van der Waals surface area contributed by atoms with Gasteiger partial charge in [0.1, 0.15) is 6.54 Å². The van der Waals surface area contributed by atoms with Crippen LogP contribution in [0.4, 0.5) is 0 Å². The first-order valence-corrected chi connectivity index (χ1v) is 10.7. The van der Waals surface area contributed by atoms with E-state index in [1.165, 1.54) is 28.4 Å². The quantitative estimate of drug-likeness (QED) is 0.512. The molecule has 158 valence electrons. The second kappa shape index (κ2) is 11.1. The standard InChI is InChI=1S/C19H30N2O6S/c1-6-21(7-2)28(24,25)16-10-9-15(4)17(13-16)19(23)20(11-12-26-5)14-18(22)27-8-3/h9-10,13H,6-8,11-12,14H2,1-5H3. The molecule has 0 radical (unpaired) electrons. The van der Waals surface area contributed by atoms with E-state index in [0.29, 0.717) is 18.7 Å². The van der Waals surface area contributed by atoms with E-state index in [4.69, 9.17) is 9.47 Å². The first-order chi connectivity index (χ1) is 13.2. The number of carbonyl (C=O) groups is 2. The minimum absolute atomic E-state index is 0.0491. The lowest BCUT2D eigenvalue weighted by molar-refractivity contribution is -0.143. The number of hydrogen-bond acceptors (Lipinski definition) is 6. The van der Waals surface area contributed by atoms with Gasteiger partial charge in [-0.2, -0.15) is 4.31 Å². The Kier molecular flexibility index (Phi) is 9.57. The van der Waals surface area contributed by atoms with Crippen LogP contribution in [0.15, 0.2) is 23.1 Å². The predicted molar refractivity (Wildman–Crippen MR) is 106 cm³/mol. The zero-order chi connectivity index (χ0) is 21.3. The molecule has 0 aliphatic heterocycles. The average molecular weight is 415 g/mol. The van der Waals surface area contributed by atoms with Crippen LogP contribution in [0.2, 0.25) is 0 Å². The maximum absolute atomic E-state index is 13.1. The number of amides is 1. The molecular weight excluding hydrogens is 384 g/mol. The minimum Gasteiger partial charge on any atom is -0.465 e. The van der Waals surface area contributed by atoms with Gasteiger partial charge in [0.25, 0.3) is 5.91 Å². The van der Waals surface area contributed by atoms with E-state index >= 15 is 0 Å². The molecule has 0 aromatic heterocycles. The maximum atomic E-state index is 13.1. The van der Waals surface area contributed by atoms with Crippen LogP contribution in [0.1, 0.15) is 36.7 Å². The van der Waals surface area contributed by atoms with Crippen LogP contribution in [-0.2, 0) is 24.3 Å². The Labute approximate surface area is 167 Å². The Morgan fingerprint density at radius 3 is 2.29 bits per heavy atom. The summed E-state index contributed by atoms with van der Waals surface area (Å²) >= 11 is 0. The SMILES string of the molecule is CCOC(=O)CN(CCOC)C(=O)c1cc(S(=O)(=O)N(CC)CC)ccc1C. The number of carbonyl (C=O) groups excluding carboxylic acids is 2. The molecule has 0 saturated heterocycles. The van der Waals surface area contributed by atoms with E-state index in [2.05, 4.69) is 0 Å². The monoisotopic (exact) mass is 414 g/mol. The highest BCUT2D eigenvalue weighted by atomic mass is 32.2. The van der Waals surface area contributed by atoms with Crippen molar-refractivity contribution < 1.29 is 27.5 Å². The van der Waals surface area contributed by atoms with Crippen molar-refractivity contribution in [3.8, 4) is 0 Å². The van der Waals surface area contributed by atoms with E-state index < -0.39 is 21.9 Å². The molecule has 0 fully saturated rings. The summed E-state index contributed by atoms with van der Waals surface area (Å²) in [5.41, 5.74) is 0.850. The smallest absolute Gasteiger partial charge is 0.325 e. The van der Waals surface area contributed by atoms with Crippen molar-refractivity contribution in [1.82, 2.24) is 9.21 Å². The number of benzene rings is 1. The van der Waals surface area contributed by atoms with Gasteiger partial charge in [0, 0.05) is 32.3 Å². The molecule has 8 nitrogen and oxygen atoms in total. The molecule has 1 aromatic carbocycles. The Morgan fingerprint density at radius 1 is 1.11 bits per heavy atom. The Balaban J connectivity index is 3.27. The second-order valence-electron chi connectivity index (χ2n) is 6.09. The summed E-state index contributed by atoms with van der Waals surface area (Å²) in [5, 5.41) is 0. The van der Waals surface area contributed by atoms with Crippen LogP contribution in [0.5, 0.6) is 0 Å². The maximum Gasteiger partial charge on any atom is 0.325 e. The molecule has 28 heavy (non-hydrogen) atoms. The van der Waals surface area contributed by atoms with Crippen molar-refractivity contribution in [2.75, 3.05) is 46.5 Å². The van der Waals surface area contributed by atoms with Crippen LogP contribution in [-0.4, -0.2) is 76.0 Å². The molecule has 0 unspecified atom stereocenters. The van der Waals surface area contributed by atoms with Gasteiger partial charge >= 0.3 is 5.97 Å². The second-order valence-corrected chi connectivity index (χ2v) is 8.03. The van der Waals surface area contributed by atoms with E-state index in [1.807, 2.05) is 0 Å². The molecule has 1 aromatic rings. The van der Waals surface area contributed by atoms with Gasteiger partial charge in [-0.25, -0.2) is 8.42 Å². The van der Waals surface area contributed by atoms with Crippen molar-refractivity contribution in [1.29, 1.82) is 0 Å². The number of aryl methyl sites for hydroxylation is 1. The third kappa shape index (κ3) is 6.02. The molecule has 0 heterocycles. The summed E-state index contributed by atoms with van der Waals surface area (Å²) in [6.45, 7) is 7.98. The normalized spacial score (nSPS) is 11.5. The Bertz CT molecular complexity index is 775. The van der Waals surface area contributed by atoms with Crippen LogP contribution in [0.25, 0.3) is 0 Å². The number of esters is 1. The van der Waals surface area contributed by atoms with E-state index in [-0.39, 0.29) is 36.8 Å². The summed E-state index contributed by atoms with van der Waals surface area (Å²) in [5.74, 6) is -0.976. The number of hydrogen-bond donors (Lipinski definition) is 0. The van der Waals surface area contributed by atoms with Crippen molar-refractivity contribution in [3.05, 3.63) is 29.3 Å². The van der Waals surface area contributed by atoms with Gasteiger partial charge in [-0.3, -0.25) is 9.59 Å². The lowest BCUT2D eigenvalue weighted by Crippen LogP contribution is -2.39. The highest BCUT2D eigenvalue weighted by Gasteiger charge is 2.26. The lowest BCUT2D eigenvalue weighted by atomic mass is 10.1. The van der Waals surface area contributed by atoms with Gasteiger partial charge in [0.2, 0.25) is 10.0 Å². The van der Waals surface area contributed by atoms with Crippen LogP contribution >= 0.6 is 0 Å². The van der Waals surface area contributed by atoms with Crippen LogP contribution < -0.4 is 0 Å². The molecule has 0 saturated carbocycles. The largest absolute Gasteiger partial charge is 0.465 e.